The van der Waals surface area contributed by atoms with Crippen molar-refractivity contribution in [2.75, 3.05) is 13.6 Å². The van der Waals surface area contributed by atoms with Crippen LogP contribution in [-0.4, -0.2) is 13.6 Å². The molecule has 0 saturated carbocycles. The Balaban J connectivity index is 2.61. The SMILES string of the molecule is CNCCCc1cccc(F)c1Br. The molecule has 13 heavy (non-hydrogen) atoms. The Kier molecular flexibility index (Phi) is 4.39. The van der Waals surface area contributed by atoms with E-state index in [1.807, 2.05) is 13.1 Å². The van der Waals surface area contributed by atoms with Crippen molar-refractivity contribution in [3.05, 3.63) is 34.1 Å². The Labute approximate surface area is 86.5 Å². The molecule has 0 aromatic heterocycles. The smallest absolute Gasteiger partial charge is 0.137 e. The molecule has 0 unspecified atom stereocenters. The molecule has 0 aliphatic carbocycles. The molecule has 1 aromatic rings. The predicted molar refractivity (Wildman–Crippen MR) is 56.3 cm³/mol. The van der Waals surface area contributed by atoms with Crippen LogP contribution in [0, 0.1) is 5.82 Å². The lowest BCUT2D eigenvalue weighted by Gasteiger charge is -2.04. The highest BCUT2D eigenvalue weighted by atomic mass is 79.9. The van der Waals surface area contributed by atoms with Crippen molar-refractivity contribution in [3.63, 3.8) is 0 Å². The lowest BCUT2D eigenvalue weighted by molar-refractivity contribution is 0.616. The van der Waals surface area contributed by atoms with Crippen LogP contribution in [-0.2, 0) is 6.42 Å². The first-order chi connectivity index (χ1) is 6.25. The van der Waals surface area contributed by atoms with Gasteiger partial charge in [0.15, 0.2) is 0 Å². The minimum absolute atomic E-state index is 0.179. The molecule has 0 atom stereocenters. The molecule has 1 aromatic carbocycles. The van der Waals surface area contributed by atoms with Crippen LogP contribution in [0.5, 0.6) is 0 Å². The van der Waals surface area contributed by atoms with Crippen LogP contribution in [0.15, 0.2) is 22.7 Å². The molecule has 1 rings (SSSR count). The maximum absolute atomic E-state index is 13.0. The fourth-order valence-corrected chi connectivity index (χ4v) is 1.66. The van der Waals surface area contributed by atoms with Gasteiger partial charge in [-0.2, -0.15) is 0 Å². The lowest BCUT2D eigenvalue weighted by atomic mass is 10.1. The van der Waals surface area contributed by atoms with Gasteiger partial charge in [0, 0.05) is 0 Å². The Morgan fingerprint density at radius 3 is 2.92 bits per heavy atom. The Morgan fingerprint density at radius 2 is 2.23 bits per heavy atom. The Hall–Kier alpha value is -0.410. The third kappa shape index (κ3) is 3.08. The molecular weight excluding hydrogens is 233 g/mol. The van der Waals surface area contributed by atoms with Gasteiger partial charge in [-0.25, -0.2) is 4.39 Å². The lowest BCUT2D eigenvalue weighted by Crippen LogP contribution is -2.08. The van der Waals surface area contributed by atoms with Crippen LogP contribution in [0.25, 0.3) is 0 Å². The zero-order valence-electron chi connectivity index (χ0n) is 7.61. The first-order valence-corrected chi connectivity index (χ1v) is 5.12. The number of halogens is 2. The molecule has 0 saturated heterocycles. The average molecular weight is 246 g/mol. The summed E-state index contributed by atoms with van der Waals surface area (Å²) in [5, 5.41) is 3.06. The molecule has 1 nitrogen and oxygen atoms in total. The van der Waals surface area contributed by atoms with Crippen molar-refractivity contribution >= 4 is 15.9 Å². The van der Waals surface area contributed by atoms with Crippen LogP contribution >= 0.6 is 15.9 Å². The van der Waals surface area contributed by atoms with Gasteiger partial charge in [-0.15, -0.1) is 0 Å². The summed E-state index contributed by atoms with van der Waals surface area (Å²) in [5.41, 5.74) is 1.04. The summed E-state index contributed by atoms with van der Waals surface area (Å²) in [4.78, 5) is 0. The van der Waals surface area contributed by atoms with Crippen LogP contribution in [0.4, 0.5) is 4.39 Å². The Morgan fingerprint density at radius 1 is 1.46 bits per heavy atom. The van der Waals surface area contributed by atoms with E-state index >= 15 is 0 Å². The van der Waals surface area contributed by atoms with Crippen molar-refractivity contribution in [3.8, 4) is 0 Å². The van der Waals surface area contributed by atoms with Gasteiger partial charge in [-0.3, -0.25) is 0 Å². The summed E-state index contributed by atoms with van der Waals surface area (Å²) in [6.07, 6.45) is 1.93. The molecule has 0 aliphatic heterocycles. The van der Waals surface area contributed by atoms with Gasteiger partial charge in [-0.05, 0) is 54.0 Å². The van der Waals surface area contributed by atoms with Crippen LogP contribution in [0.1, 0.15) is 12.0 Å². The van der Waals surface area contributed by atoms with E-state index in [0.717, 1.165) is 24.9 Å². The number of hydrogen-bond acceptors (Lipinski definition) is 1. The molecule has 0 heterocycles. The predicted octanol–water partition coefficient (Wildman–Crippen LogP) is 2.74. The van der Waals surface area contributed by atoms with E-state index in [1.54, 1.807) is 6.07 Å². The molecule has 0 fully saturated rings. The fraction of sp³-hybridized carbons (Fsp3) is 0.400. The molecule has 1 N–H and O–H groups in total. The highest BCUT2D eigenvalue weighted by molar-refractivity contribution is 9.10. The molecule has 0 spiro atoms. The first-order valence-electron chi connectivity index (χ1n) is 4.33. The molecule has 0 radical (unpaired) electrons. The maximum Gasteiger partial charge on any atom is 0.137 e. The zero-order chi connectivity index (χ0) is 9.68. The van der Waals surface area contributed by atoms with E-state index in [-0.39, 0.29) is 5.82 Å². The van der Waals surface area contributed by atoms with Gasteiger partial charge < -0.3 is 5.32 Å². The van der Waals surface area contributed by atoms with Gasteiger partial charge >= 0.3 is 0 Å². The standard InChI is InChI=1S/C10H13BrFN/c1-13-7-3-5-8-4-2-6-9(12)10(8)11/h2,4,6,13H,3,5,7H2,1H3. The second-order valence-electron chi connectivity index (χ2n) is 2.92. The second kappa shape index (κ2) is 5.35. The van der Waals surface area contributed by atoms with Crippen molar-refractivity contribution in [1.82, 2.24) is 5.32 Å². The summed E-state index contributed by atoms with van der Waals surface area (Å²) in [6, 6.07) is 5.16. The van der Waals surface area contributed by atoms with Crippen LogP contribution in [0.3, 0.4) is 0 Å². The van der Waals surface area contributed by atoms with Crippen LogP contribution in [0.2, 0.25) is 0 Å². The third-order valence-electron chi connectivity index (χ3n) is 1.90. The quantitative estimate of drug-likeness (QED) is 0.805. The summed E-state index contributed by atoms with van der Waals surface area (Å²) in [7, 11) is 1.92. The van der Waals surface area contributed by atoms with Crippen LogP contribution < -0.4 is 5.32 Å². The zero-order valence-corrected chi connectivity index (χ0v) is 9.20. The van der Waals surface area contributed by atoms with E-state index in [2.05, 4.69) is 21.2 Å². The number of rotatable bonds is 4. The average Bonchev–Trinajstić information content (AvgIpc) is 2.13. The normalized spacial score (nSPS) is 10.4. The highest BCUT2D eigenvalue weighted by Crippen LogP contribution is 2.21. The van der Waals surface area contributed by atoms with Crippen molar-refractivity contribution in [2.45, 2.75) is 12.8 Å². The van der Waals surface area contributed by atoms with Gasteiger partial charge in [0.2, 0.25) is 0 Å². The van der Waals surface area contributed by atoms with E-state index < -0.39 is 0 Å². The third-order valence-corrected chi connectivity index (χ3v) is 2.79. The topological polar surface area (TPSA) is 12.0 Å². The van der Waals surface area contributed by atoms with Gasteiger partial charge in [0.25, 0.3) is 0 Å². The highest BCUT2D eigenvalue weighted by Gasteiger charge is 2.03. The fourth-order valence-electron chi connectivity index (χ4n) is 1.20. The molecule has 0 bridgehead atoms. The summed E-state index contributed by atoms with van der Waals surface area (Å²) in [6.45, 7) is 0.961. The second-order valence-corrected chi connectivity index (χ2v) is 3.71. The molecule has 3 heteroatoms. The monoisotopic (exact) mass is 245 g/mol. The minimum atomic E-state index is -0.179. The molecular formula is C10H13BrFN. The molecule has 0 aliphatic rings. The maximum atomic E-state index is 13.0. The molecule has 0 amide bonds. The minimum Gasteiger partial charge on any atom is -0.320 e. The number of benzene rings is 1. The van der Waals surface area contributed by atoms with Crippen molar-refractivity contribution < 1.29 is 4.39 Å². The number of nitrogens with one attached hydrogen (secondary N) is 1. The number of aryl methyl sites for hydroxylation is 1. The van der Waals surface area contributed by atoms with Crippen molar-refractivity contribution in [2.24, 2.45) is 0 Å². The Bertz CT molecular complexity index is 276. The van der Waals surface area contributed by atoms with Gasteiger partial charge in [0.1, 0.15) is 5.82 Å². The first kappa shape index (κ1) is 10.7. The van der Waals surface area contributed by atoms with E-state index in [9.17, 15) is 4.39 Å². The molecule has 72 valence electrons. The largest absolute Gasteiger partial charge is 0.320 e. The van der Waals surface area contributed by atoms with Gasteiger partial charge in [-0.1, -0.05) is 12.1 Å². The summed E-state index contributed by atoms with van der Waals surface area (Å²) >= 11 is 3.24. The number of hydrogen-bond donors (Lipinski definition) is 1. The summed E-state index contributed by atoms with van der Waals surface area (Å²) in [5.74, 6) is -0.179. The summed E-state index contributed by atoms with van der Waals surface area (Å²) < 4.78 is 13.6. The van der Waals surface area contributed by atoms with E-state index in [0.29, 0.717) is 4.47 Å². The van der Waals surface area contributed by atoms with Gasteiger partial charge in [0.05, 0.1) is 4.47 Å². The van der Waals surface area contributed by atoms with E-state index in [4.69, 9.17) is 0 Å². The van der Waals surface area contributed by atoms with Crippen molar-refractivity contribution in [1.29, 1.82) is 0 Å². The van der Waals surface area contributed by atoms with E-state index in [1.165, 1.54) is 6.07 Å².